The van der Waals surface area contributed by atoms with Crippen LogP contribution >= 0.6 is 0 Å². The van der Waals surface area contributed by atoms with Crippen LogP contribution in [0.4, 0.5) is 10.5 Å². The van der Waals surface area contributed by atoms with Gasteiger partial charge in [0, 0.05) is 11.3 Å². The quantitative estimate of drug-likeness (QED) is 0.678. The molecule has 1 rings (SSSR count). The van der Waals surface area contributed by atoms with Crippen LogP contribution in [0.3, 0.4) is 0 Å². The molecule has 0 saturated carbocycles. The summed E-state index contributed by atoms with van der Waals surface area (Å²) in [5.74, 6) is 0.607. The Hall–Kier alpha value is -2.33. The van der Waals surface area contributed by atoms with Gasteiger partial charge in [0.15, 0.2) is 0 Å². The SMILES string of the molecule is COc1ccc(NC(=O)OC(C)(C)C)c(CN=C=O)c1. The summed E-state index contributed by atoms with van der Waals surface area (Å²) in [6.45, 7) is 5.43. The third-order valence-electron chi connectivity index (χ3n) is 2.26. The van der Waals surface area contributed by atoms with Crippen LogP contribution in [-0.2, 0) is 16.1 Å². The highest BCUT2D eigenvalue weighted by molar-refractivity contribution is 5.86. The zero-order valence-electron chi connectivity index (χ0n) is 12.0. The van der Waals surface area contributed by atoms with Gasteiger partial charge in [-0.1, -0.05) is 0 Å². The van der Waals surface area contributed by atoms with Gasteiger partial charge in [-0.15, -0.1) is 0 Å². The molecule has 1 aromatic rings. The number of benzene rings is 1. The predicted octanol–water partition coefficient (Wildman–Crippen LogP) is 2.88. The van der Waals surface area contributed by atoms with Gasteiger partial charge >= 0.3 is 6.09 Å². The van der Waals surface area contributed by atoms with E-state index in [9.17, 15) is 9.59 Å². The van der Waals surface area contributed by atoms with Crippen molar-refractivity contribution in [2.24, 2.45) is 4.99 Å². The Morgan fingerprint density at radius 1 is 1.40 bits per heavy atom. The molecule has 0 aliphatic rings. The van der Waals surface area contributed by atoms with Gasteiger partial charge in [-0.2, -0.15) is 0 Å². The first-order chi connectivity index (χ1) is 9.35. The Morgan fingerprint density at radius 3 is 2.65 bits per heavy atom. The number of hydrogen-bond donors (Lipinski definition) is 1. The average Bonchev–Trinajstić information content (AvgIpc) is 2.35. The molecular weight excluding hydrogens is 260 g/mol. The lowest BCUT2D eigenvalue weighted by Gasteiger charge is -2.20. The Kier molecular flexibility index (Phi) is 5.29. The second kappa shape index (κ2) is 6.73. The first-order valence-electron chi connectivity index (χ1n) is 6.06. The number of nitrogens with zero attached hydrogens (tertiary/aromatic N) is 1. The third kappa shape index (κ3) is 5.12. The molecule has 0 aromatic heterocycles. The first kappa shape index (κ1) is 15.7. The van der Waals surface area contributed by atoms with Gasteiger partial charge in [-0.05, 0) is 39.0 Å². The smallest absolute Gasteiger partial charge is 0.412 e. The number of aliphatic imine (C=N–C) groups is 1. The minimum atomic E-state index is -0.586. The molecule has 1 amide bonds. The van der Waals surface area contributed by atoms with E-state index in [1.54, 1.807) is 39.0 Å². The highest BCUT2D eigenvalue weighted by Gasteiger charge is 2.17. The molecule has 0 bridgehead atoms. The Morgan fingerprint density at radius 2 is 2.10 bits per heavy atom. The molecule has 0 fully saturated rings. The lowest BCUT2D eigenvalue weighted by molar-refractivity contribution is 0.0636. The minimum absolute atomic E-state index is 0.103. The number of isocyanates is 1. The molecule has 0 atom stereocenters. The van der Waals surface area contributed by atoms with Crippen LogP contribution in [0.15, 0.2) is 23.2 Å². The van der Waals surface area contributed by atoms with Crippen LogP contribution in [0.5, 0.6) is 5.75 Å². The molecule has 0 unspecified atom stereocenters. The van der Waals surface area contributed by atoms with Crippen molar-refractivity contribution in [1.82, 2.24) is 0 Å². The molecule has 108 valence electrons. The molecule has 1 aromatic carbocycles. The summed E-state index contributed by atoms with van der Waals surface area (Å²) in [7, 11) is 1.53. The summed E-state index contributed by atoms with van der Waals surface area (Å²) in [6.07, 6.45) is 0.892. The molecule has 0 radical (unpaired) electrons. The summed E-state index contributed by atoms with van der Waals surface area (Å²) < 4.78 is 10.3. The summed E-state index contributed by atoms with van der Waals surface area (Å²) in [4.78, 5) is 25.5. The molecule has 0 saturated heterocycles. The van der Waals surface area contributed by atoms with Crippen LogP contribution < -0.4 is 10.1 Å². The van der Waals surface area contributed by atoms with Crippen molar-refractivity contribution in [3.8, 4) is 5.75 Å². The average molecular weight is 278 g/mol. The van der Waals surface area contributed by atoms with Crippen molar-refractivity contribution in [2.45, 2.75) is 32.9 Å². The van der Waals surface area contributed by atoms with Crippen molar-refractivity contribution in [3.63, 3.8) is 0 Å². The number of amides is 1. The van der Waals surface area contributed by atoms with Gasteiger partial charge < -0.3 is 9.47 Å². The van der Waals surface area contributed by atoms with E-state index in [1.807, 2.05) is 0 Å². The standard InChI is InChI=1S/C14H18N2O4/c1-14(2,3)20-13(18)16-12-6-5-11(19-4)7-10(12)8-15-9-17/h5-7H,8H2,1-4H3,(H,16,18). The second-order valence-corrected chi connectivity index (χ2v) is 5.06. The molecular formula is C14H18N2O4. The lowest BCUT2D eigenvalue weighted by atomic mass is 10.1. The molecule has 20 heavy (non-hydrogen) atoms. The van der Waals surface area contributed by atoms with E-state index in [0.717, 1.165) is 0 Å². The van der Waals surface area contributed by atoms with E-state index in [4.69, 9.17) is 9.47 Å². The lowest BCUT2D eigenvalue weighted by Crippen LogP contribution is -2.27. The molecule has 6 nitrogen and oxygen atoms in total. The normalized spacial score (nSPS) is 10.4. The number of rotatable bonds is 4. The number of anilines is 1. The highest BCUT2D eigenvalue weighted by atomic mass is 16.6. The Bertz CT molecular complexity index is 528. The topological polar surface area (TPSA) is 77.0 Å². The number of ether oxygens (including phenoxy) is 2. The van der Waals surface area contributed by atoms with Gasteiger partial charge in [0.05, 0.1) is 13.7 Å². The predicted molar refractivity (Wildman–Crippen MR) is 74.7 cm³/mol. The van der Waals surface area contributed by atoms with Crippen LogP contribution in [0.2, 0.25) is 0 Å². The van der Waals surface area contributed by atoms with E-state index < -0.39 is 11.7 Å². The maximum absolute atomic E-state index is 11.7. The van der Waals surface area contributed by atoms with Crippen molar-refractivity contribution >= 4 is 17.9 Å². The number of methoxy groups -OCH3 is 1. The van der Waals surface area contributed by atoms with Gasteiger partial charge in [-0.25, -0.2) is 14.6 Å². The van der Waals surface area contributed by atoms with Crippen molar-refractivity contribution in [1.29, 1.82) is 0 Å². The summed E-state index contributed by atoms with van der Waals surface area (Å²) >= 11 is 0. The fourth-order valence-electron chi connectivity index (χ4n) is 1.48. The molecule has 6 heteroatoms. The van der Waals surface area contributed by atoms with Gasteiger partial charge in [0.2, 0.25) is 6.08 Å². The van der Waals surface area contributed by atoms with Gasteiger partial charge in [0.1, 0.15) is 11.4 Å². The fourth-order valence-corrected chi connectivity index (χ4v) is 1.48. The van der Waals surface area contributed by atoms with E-state index in [1.165, 1.54) is 13.2 Å². The van der Waals surface area contributed by atoms with Crippen molar-refractivity contribution in [3.05, 3.63) is 23.8 Å². The maximum atomic E-state index is 11.7. The van der Waals surface area contributed by atoms with Gasteiger partial charge in [-0.3, -0.25) is 5.32 Å². The summed E-state index contributed by atoms with van der Waals surface area (Å²) in [5, 5.41) is 2.62. The van der Waals surface area contributed by atoms with E-state index in [2.05, 4.69) is 10.3 Å². The number of nitrogens with one attached hydrogen (secondary N) is 1. The largest absolute Gasteiger partial charge is 0.497 e. The van der Waals surface area contributed by atoms with Crippen LogP contribution in [0.1, 0.15) is 26.3 Å². The number of carbonyl (C=O) groups is 1. The second-order valence-electron chi connectivity index (χ2n) is 5.06. The molecule has 1 N–H and O–H groups in total. The van der Waals surface area contributed by atoms with Crippen LogP contribution in [0, 0.1) is 0 Å². The number of carbonyl (C=O) groups excluding carboxylic acids is 2. The summed E-state index contributed by atoms with van der Waals surface area (Å²) in [6, 6.07) is 5.05. The molecule has 0 aliphatic carbocycles. The van der Waals surface area contributed by atoms with Crippen LogP contribution in [-0.4, -0.2) is 24.9 Å². The van der Waals surface area contributed by atoms with E-state index >= 15 is 0 Å². The number of hydrogen-bond acceptors (Lipinski definition) is 5. The molecule has 0 aliphatic heterocycles. The zero-order valence-corrected chi connectivity index (χ0v) is 12.0. The van der Waals surface area contributed by atoms with Gasteiger partial charge in [0.25, 0.3) is 0 Å². The monoisotopic (exact) mass is 278 g/mol. The van der Waals surface area contributed by atoms with Crippen LogP contribution in [0.25, 0.3) is 0 Å². The van der Waals surface area contributed by atoms with Crippen molar-refractivity contribution < 1.29 is 19.1 Å². The summed E-state index contributed by atoms with van der Waals surface area (Å²) in [5.41, 5.74) is 0.565. The van der Waals surface area contributed by atoms with E-state index in [0.29, 0.717) is 17.0 Å². The van der Waals surface area contributed by atoms with Crippen molar-refractivity contribution in [2.75, 3.05) is 12.4 Å². The Balaban J connectivity index is 2.92. The van der Waals surface area contributed by atoms with E-state index in [-0.39, 0.29) is 6.54 Å². The highest BCUT2D eigenvalue weighted by Crippen LogP contribution is 2.23. The molecule has 0 spiro atoms. The third-order valence-corrected chi connectivity index (χ3v) is 2.26. The fraction of sp³-hybridized carbons (Fsp3) is 0.429. The zero-order chi connectivity index (χ0) is 15.2. The first-order valence-corrected chi connectivity index (χ1v) is 6.06. The maximum Gasteiger partial charge on any atom is 0.412 e. The Labute approximate surface area is 117 Å². The molecule has 0 heterocycles. The minimum Gasteiger partial charge on any atom is -0.497 e.